The molecule has 0 unspecified atom stereocenters. The minimum absolute atomic E-state index is 0. The van der Waals surface area contributed by atoms with Crippen molar-refractivity contribution in [3.05, 3.63) is 30.0 Å². The number of aromatic amines is 1. The zero-order chi connectivity index (χ0) is 15.7. The van der Waals surface area contributed by atoms with E-state index in [-0.39, 0.29) is 24.1 Å². The number of benzene rings is 1. The Morgan fingerprint density at radius 3 is 2.52 bits per heavy atom. The van der Waals surface area contributed by atoms with Crippen LogP contribution in [0.3, 0.4) is 0 Å². The molecule has 2 heterocycles. The highest BCUT2D eigenvalue weighted by molar-refractivity contribution is 5.98. The Morgan fingerprint density at radius 1 is 1.17 bits per heavy atom. The Kier molecular flexibility index (Phi) is 5.06. The van der Waals surface area contributed by atoms with Crippen LogP contribution < -0.4 is 10.1 Å². The highest BCUT2D eigenvalue weighted by Crippen LogP contribution is 2.27. The zero-order valence-electron chi connectivity index (χ0n) is 11.9. The number of rotatable bonds is 2. The van der Waals surface area contributed by atoms with Crippen LogP contribution in [0.15, 0.2) is 24.3 Å². The van der Waals surface area contributed by atoms with Gasteiger partial charge in [-0.3, -0.25) is 4.79 Å². The molecule has 1 aliphatic heterocycles. The fraction of sp³-hybridized carbons (Fsp3) is 0.357. The molecule has 1 amide bonds. The first-order valence-electron chi connectivity index (χ1n) is 6.81. The Labute approximate surface area is 136 Å². The summed E-state index contributed by atoms with van der Waals surface area (Å²) in [6, 6.07) is 5.58. The third-order valence-electron chi connectivity index (χ3n) is 3.46. The van der Waals surface area contributed by atoms with Gasteiger partial charge in [-0.25, -0.2) is 0 Å². The van der Waals surface area contributed by atoms with Crippen LogP contribution in [0.25, 0.3) is 10.9 Å². The fourth-order valence-electron chi connectivity index (χ4n) is 2.46. The number of aromatic nitrogens is 1. The third-order valence-corrected chi connectivity index (χ3v) is 3.46. The van der Waals surface area contributed by atoms with Crippen LogP contribution in [0, 0.1) is 0 Å². The summed E-state index contributed by atoms with van der Waals surface area (Å²) in [6.45, 7) is 2.68. The van der Waals surface area contributed by atoms with Crippen molar-refractivity contribution in [1.29, 1.82) is 0 Å². The summed E-state index contributed by atoms with van der Waals surface area (Å²) in [5.41, 5.74) is 0.793. The number of fused-ring (bicyclic) bond motifs is 1. The van der Waals surface area contributed by atoms with E-state index in [1.54, 1.807) is 11.0 Å². The second-order valence-electron chi connectivity index (χ2n) is 5.02. The normalized spacial score (nSPS) is 15.3. The smallest absolute Gasteiger partial charge is 0.406 e. The van der Waals surface area contributed by atoms with E-state index in [9.17, 15) is 18.0 Å². The molecule has 0 saturated carbocycles. The summed E-state index contributed by atoms with van der Waals surface area (Å²) >= 11 is 0. The molecule has 1 aromatic heterocycles. The van der Waals surface area contributed by atoms with Gasteiger partial charge in [-0.1, -0.05) is 0 Å². The lowest BCUT2D eigenvalue weighted by atomic mass is 10.2. The lowest BCUT2D eigenvalue weighted by molar-refractivity contribution is -0.274. The largest absolute Gasteiger partial charge is 0.573 e. The van der Waals surface area contributed by atoms with Gasteiger partial charge in [0.1, 0.15) is 11.4 Å². The molecule has 1 aromatic carbocycles. The molecule has 1 aliphatic rings. The number of halogens is 4. The molecule has 0 aliphatic carbocycles. The van der Waals surface area contributed by atoms with Gasteiger partial charge in [0, 0.05) is 43.1 Å². The van der Waals surface area contributed by atoms with E-state index < -0.39 is 6.36 Å². The van der Waals surface area contributed by atoms with Crippen molar-refractivity contribution >= 4 is 29.2 Å². The molecule has 126 valence electrons. The Balaban J connectivity index is 0.00000192. The quantitative estimate of drug-likeness (QED) is 0.876. The molecule has 0 radical (unpaired) electrons. The maximum absolute atomic E-state index is 12.3. The molecule has 2 N–H and O–H groups in total. The fourth-order valence-corrected chi connectivity index (χ4v) is 2.46. The molecule has 3 rings (SSSR count). The molecule has 0 atom stereocenters. The van der Waals surface area contributed by atoms with Gasteiger partial charge in [0.15, 0.2) is 0 Å². The third kappa shape index (κ3) is 4.08. The summed E-state index contributed by atoms with van der Waals surface area (Å²) < 4.78 is 40.5. The monoisotopic (exact) mass is 349 g/mol. The number of piperazine rings is 1. The average Bonchev–Trinajstić information content (AvgIpc) is 2.89. The number of carbonyl (C=O) groups is 1. The second-order valence-corrected chi connectivity index (χ2v) is 5.02. The van der Waals surface area contributed by atoms with Crippen molar-refractivity contribution in [2.24, 2.45) is 0 Å². The van der Waals surface area contributed by atoms with E-state index in [1.807, 2.05) is 0 Å². The number of nitrogens with zero attached hydrogens (tertiary/aromatic N) is 1. The van der Waals surface area contributed by atoms with Crippen LogP contribution in [0.5, 0.6) is 5.75 Å². The van der Waals surface area contributed by atoms with Gasteiger partial charge in [-0.2, -0.15) is 0 Å². The van der Waals surface area contributed by atoms with E-state index >= 15 is 0 Å². The maximum atomic E-state index is 12.3. The summed E-state index contributed by atoms with van der Waals surface area (Å²) in [6.07, 6.45) is -4.74. The van der Waals surface area contributed by atoms with Crippen LogP contribution >= 0.6 is 12.4 Å². The van der Waals surface area contributed by atoms with Crippen molar-refractivity contribution in [1.82, 2.24) is 15.2 Å². The first kappa shape index (κ1) is 17.4. The van der Waals surface area contributed by atoms with Gasteiger partial charge < -0.3 is 19.9 Å². The van der Waals surface area contributed by atoms with E-state index in [0.717, 1.165) is 13.1 Å². The molecule has 9 heteroatoms. The SMILES string of the molecule is Cl.O=C(c1cc2ccc(OC(F)(F)F)cc2[nH]1)N1CCNCC1. The topological polar surface area (TPSA) is 57.4 Å². The van der Waals surface area contributed by atoms with Gasteiger partial charge in [-0.05, 0) is 18.2 Å². The molecule has 1 saturated heterocycles. The van der Waals surface area contributed by atoms with Crippen LogP contribution in [-0.2, 0) is 0 Å². The van der Waals surface area contributed by atoms with Crippen molar-refractivity contribution in [3.63, 3.8) is 0 Å². The average molecular weight is 350 g/mol. The van der Waals surface area contributed by atoms with Crippen molar-refractivity contribution in [2.45, 2.75) is 6.36 Å². The molecule has 5 nitrogen and oxygen atoms in total. The Morgan fingerprint density at radius 2 is 1.87 bits per heavy atom. The van der Waals surface area contributed by atoms with E-state index in [0.29, 0.717) is 29.7 Å². The molecular weight excluding hydrogens is 335 g/mol. The highest BCUT2D eigenvalue weighted by Gasteiger charge is 2.31. The van der Waals surface area contributed by atoms with Gasteiger partial charge in [0.25, 0.3) is 5.91 Å². The van der Waals surface area contributed by atoms with Gasteiger partial charge in [0.2, 0.25) is 0 Å². The van der Waals surface area contributed by atoms with Gasteiger partial charge in [-0.15, -0.1) is 25.6 Å². The number of hydrogen-bond acceptors (Lipinski definition) is 3. The highest BCUT2D eigenvalue weighted by atomic mass is 35.5. The molecular formula is C14H15ClF3N3O2. The summed E-state index contributed by atoms with van der Waals surface area (Å²) in [7, 11) is 0. The van der Waals surface area contributed by atoms with E-state index in [1.165, 1.54) is 18.2 Å². The minimum Gasteiger partial charge on any atom is -0.406 e. The van der Waals surface area contributed by atoms with Crippen molar-refractivity contribution < 1.29 is 22.7 Å². The maximum Gasteiger partial charge on any atom is 0.573 e. The summed E-state index contributed by atoms with van der Waals surface area (Å²) in [5.74, 6) is -0.473. The Bertz CT molecular complexity index is 696. The van der Waals surface area contributed by atoms with Crippen LogP contribution in [0.4, 0.5) is 13.2 Å². The minimum atomic E-state index is -4.74. The van der Waals surface area contributed by atoms with E-state index in [4.69, 9.17) is 0 Å². The van der Waals surface area contributed by atoms with Crippen LogP contribution in [0.2, 0.25) is 0 Å². The Hall–Kier alpha value is -1.93. The lowest BCUT2D eigenvalue weighted by Crippen LogP contribution is -2.46. The first-order chi connectivity index (χ1) is 10.4. The molecule has 2 aromatic rings. The second kappa shape index (κ2) is 6.67. The number of amides is 1. The number of nitrogens with one attached hydrogen (secondary N) is 2. The summed E-state index contributed by atoms with van der Waals surface area (Å²) in [5, 5.41) is 3.81. The van der Waals surface area contributed by atoms with Crippen molar-refractivity contribution in [3.8, 4) is 5.75 Å². The van der Waals surface area contributed by atoms with Gasteiger partial charge >= 0.3 is 6.36 Å². The number of ether oxygens (including phenoxy) is 1. The standard InChI is InChI=1S/C14H14F3N3O2.ClH/c15-14(16,17)22-10-2-1-9-7-12(19-11(9)8-10)13(21)20-5-3-18-4-6-20;/h1-2,7-8,18-19H,3-6H2;1H. The van der Waals surface area contributed by atoms with E-state index in [2.05, 4.69) is 15.0 Å². The zero-order valence-corrected chi connectivity index (χ0v) is 12.8. The predicted molar refractivity (Wildman–Crippen MR) is 81.0 cm³/mol. The first-order valence-corrected chi connectivity index (χ1v) is 6.81. The number of alkyl halides is 3. The van der Waals surface area contributed by atoms with Crippen molar-refractivity contribution in [2.75, 3.05) is 26.2 Å². The molecule has 23 heavy (non-hydrogen) atoms. The predicted octanol–water partition coefficient (Wildman–Crippen LogP) is 2.53. The molecule has 1 fully saturated rings. The molecule has 0 spiro atoms. The van der Waals surface area contributed by atoms with Crippen LogP contribution in [0.1, 0.15) is 10.5 Å². The molecule has 0 bridgehead atoms. The number of H-pyrrole nitrogens is 1. The van der Waals surface area contributed by atoms with Gasteiger partial charge in [0.05, 0.1) is 0 Å². The number of carbonyl (C=O) groups excluding carboxylic acids is 1. The number of hydrogen-bond donors (Lipinski definition) is 2. The summed E-state index contributed by atoms with van der Waals surface area (Å²) in [4.78, 5) is 16.9. The van der Waals surface area contributed by atoms with Crippen LogP contribution in [-0.4, -0.2) is 48.3 Å². The lowest BCUT2D eigenvalue weighted by Gasteiger charge is -2.26.